The van der Waals surface area contributed by atoms with Crippen LogP contribution in [0.25, 0.3) is 6.08 Å². The molecule has 0 aromatic carbocycles. The van der Waals surface area contributed by atoms with E-state index in [0.717, 1.165) is 24.2 Å². The molecule has 2 nitrogen and oxygen atoms in total. The maximum atomic E-state index is 12.1. The van der Waals surface area contributed by atoms with Crippen molar-refractivity contribution >= 4 is 11.9 Å². The van der Waals surface area contributed by atoms with Crippen LogP contribution >= 0.6 is 0 Å². The first-order valence-electron chi connectivity index (χ1n) is 7.86. The molecule has 1 saturated carbocycles. The summed E-state index contributed by atoms with van der Waals surface area (Å²) >= 11 is 0. The zero-order valence-corrected chi connectivity index (χ0v) is 12.8. The lowest BCUT2D eigenvalue weighted by molar-refractivity contribution is -0.122. The van der Waals surface area contributed by atoms with Crippen molar-refractivity contribution in [3.63, 3.8) is 0 Å². The summed E-state index contributed by atoms with van der Waals surface area (Å²) in [6, 6.07) is 3.79. The molecule has 1 aliphatic rings. The number of allylic oxidation sites excluding steroid dienone is 5. The molecule has 0 saturated heterocycles. The SMILES string of the molecule is CC=C(/C=C\CC(=O)C1CCCCC1)/C=C/c1ccco1. The molecule has 1 aromatic heterocycles. The third-order valence-corrected chi connectivity index (χ3v) is 4.01. The first kappa shape index (κ1) is 15.6. The first-order valence-corrected chi connectivity index (χ1v) is 7.86. The summed E-state index contributed by atoms with van der Waals surface area (Å²) in [5.74, 6) is 1.54. The highest BCUT2D eigenvalue weighted by atomic mass is 16.3. The molecule has 1 aliphatic carbocycles. The van der Waals surface area contributed by atoms with Crippen LogP contribution in [0, 0.1) is 5.92 Å². The van der Waals surface area contributed by atoms with E-state index in [1.54, 1.807) is 6.26 Å². The lowest BCUT2D eigenvalue weighted by Crippen LogP contribution is -2.16. The van der Waals surface area contributed by atoms with Crippen LogP contribution in [-0.2, 0) is 4.79 Å². The molecule has 112 valence electrons. The van der Waals surface area contributed by atoms with Crippen LogP contribution in [0.5, 0.6) is 0 Å². The van der Waals surface area contributed by atoms with E-state index in [2.05, 4.69) is 0 Å². The molecule has 0 bridgehead atoms. The van der Waals surface area contributed by atoms with E-state index in [0.29, 0.717) is 18.1 Å². The van der Waals surface area contributed by atoms with Gasteiger partial charge >= 0.3 is 0 Å². The van der Waals surface area contributed by atoms with Crippen LogP contribution in [0.2, 0.25) is 0 Å². The topological polar surface area (TPSA) is 30.2 Å². The maximum Gasteiger partial charge on any atom is 0.139 e. The second-order valence-electron chi connectivity index (χ2n) is 5.55. The van der Waals surface area contributed by atoms with Gasteiger partial charge in [-0.25, -0.2) is 0 Å². The van der Waals surface area contributed by atoms with Gasteiger partial charge in [0.05, 0.1) is 6.26 Å². The number of Topliss-reactive ketones (excluding diaryl/α,β-unsaturated/α-hetero) is 1. The van der Waals surface area contributed by atoms with Crippen molar-refractivity contribution in [1.82, 2.24) is 0 Å². The summed E-state index contributed by atoms with van der Waals surface area (Å²) in [6.07, 6.45) is 18.1. The first-order chi connectivity index (χ1) is 10.3. The number of carbonyl (C=O) groups excluding carboxylic acids is 1. The molecule has 0 aliphatic heterocycles. The van der Waals surface area contributed by atoms with E-state index in [1.807, 2.05) is 49.4 Å². The third kappa shape index (κ3) is 5.22. The highest BCUT2D eigenvalue weighted by molar-refractivity contribution is 5.82. The Morgan fingerprint density at radius 1 is 1.29 bits per heavy atom. The predicted octanol–water partition coefficient (Wildman–Crippen LogP) is 5.33. The van der Waals surface area contributed by atoms with Crippen LogP contribution in [0.4, 0.5) is 0 Å². The van der Waals surface area contributed by atoms with E-state index in [9.17, 15) is 4.79 Å². The monoisotopic (exact) mass is 284 g/mol. The van der Waals surface area contributed by atoms with Crippen molar-refractivity contribution in [3.05, 3.63) is 54.0 Å². The lowest BCUT2D eigenvalue weighted by atomic mass is 9.85. The Labute approximate surface area is 127 Å². The van der Waals surface area contributed by atoms with E-state index < -0.39 is 0 Å². The van der Waals surface area contributed by atoms with Crippen molar-refractivity contribution in [3.8, 4) is 0 Å². The van der Waals surface area contributed by atoms with Gasteiger partial charge in [0.1, 0.15) is 11.5 Å². The van der Waals surface area contributed by atoms with Gasteiger partial charge in [-0.2, -0.15) is 0 Å². The normalized spacial score (nSPS) is 17.9. The van der Waals surface area contributed by atoms with Gasteiger partial charge in [-0.15, -0.1) is 0 Å². The average molecular weight is 284 g/mol. The molecule has 2 rings (SSSR count). The van der Waals surface area contributed by atoms with Gasteiger partial charge in [-0.3, -0.25) is 4.79 Å². The smallest absolute Gasteiger partial charge is 0.139 e. The summed E-state index contributed by atoms with van der Waals surface area (Å²) in [7, 11) is 0. The molecule has 2 heteroatoms. The number of hydrogen-bond donors (Lipinski definition) is 0. The fourth-order valence-electron chi connectivity index (χ4n) is 2.71. The summed E-state index contributed by atoms with van der Waals surface area (Å²) in [4.78, 5) is 12.1. The molecular formula is C19H24O2. The number of ketones is 1. The lowest BCUT2D eigenvalue weighted by Gasteiger charge is -2.19. The van der Waals surface area contributed by atoms with E-state index in [-0.39, 0.29) is 0 Å². The second-order valence-corrected chi connectivity index (χ2v) is 5.55. The molecule has 1 aromatic rings. The minimum absolute atomic E-state index is 0.302. The van der Waals surface area contributed by atoms with Gasteiger partial charge in [-0.1, -0.05) is 43.6 Å². The Morgan fingerprint density at radius 3 is 2.76 bits per heavy atom. The number of hydrogen-bond acceptors (Lipinski definition) is 2. The van der Waals surface area contributed by atoms with Crippen molar-refractivity contribution < 1.29 is 9.21 Å². The number of carbonyl (C=O) groups is 1. The number of furan rings is 1. The van der Waals surface area contributed by atoms with E-state index >= 15 is 0 Å². The van der Waals surface area contributed by atoms with Gasteiger partial charge < -0.3 is 4.42 Å². The average Bonchev–Trinajstić information content (AvgIpc) is 3.04. The van der Waals surface area contributed by atoms with E-state index in [1.165, 1.54) is 19.3 Å². The zero-order chi connectivity index (χ0) is 14.9. The van der Waals surface area contributed by atoms with Crippen molar-refractivity contribution in [1.29, 1.82) is 0 Å². The molecule has 0 atom stereocenters. The van der Waals surface area contributed by atoms with Crippen LogP contribution < -0.4 is 0 Å². The molecular weight excluding hydrogens is 260 g/mol. The molecule has 0 N–H and O–H groups in total. The molecule has 0 unspecified atom stereocenters. The fourth-order valence-corrected chi connectivity index (χ4v) is 2.71. The Bertz CT molecular complexity index is 512. The van der Waals surface area contributed by atoms with Crippen LogP contribution in [-0.4, -0.2) is 5.78 Å². The summed E-state index contributed by atoms with van der Waals surface area (Å²) in [5.41, 5.74) is 1.09. The quantitative estimate of drug-likeness (QED) is 0.660. The second kappa shape index (κ2) is 8.46. The van der Waals surface area contributed by atoms with Crippen LogP contribution in [0.15, 0.2) is 52.7 Å². The predicted molar refractivity (Wildman–Crippen MR) is 86.8 cm³/mol. The third-order valence-electron chi connectivity index (χ3n) is 4.01. The van der Waals surface area contributed by atoms with Gasteiger partial charge in [0.15, 0.2) is 0 Å². The molecule has 0 spiro atoms. The van der Waals surface area contributed by atoms with Crippen LogP contribution in [0.3, 0.4) is 0 Å². The van der Waals surface area contributed by atoms with Gasteiger partial charge in [0, 0.05) is 12.3 Å². The van der Waals surface area contributed by atoms with Crippen molar-refractivity contribution in [2.24, 2.45) is 5.92 Å². The highest BCUT2D eigenvalue weighted by Crippen LogP contribution is 2.25. The van der Waals surface area contributed by atoms with Gasteiger partial charge in [0.2, 0.25) is 0 Å². The Hall–Kier alpha value is -1.83. The zero-order valence-electron chi connectivity index (χ0n) is 12.8. The van der Waals surface area contributed by atoms with Crippen molar-refractivity contribution in [2.75, 3.05) is 0 Å². The molecule has 1 heterocycles. The van der Waals surface area contributed by atoms with Gasteiger partial charge in [0.25, 0.3) is 0 Å². The maximum absolute atomic E-state index is 12.1. The van der Waals surface area contributed by atoms with Gasteiger partial charge in [-0.05, 0) is 43.5 Å². The minimum Gasteiger partial charge on any atom is -0.465 e. The molecule has 0 radical (unpaired) electrons. The largest absolute Gasteiger partial charge is 0.465 e. The molecule has 21 heavy (non-hydrogen) atoms. The van der Waals surface area contributed by atoms with Crippen molar-refractivity contribution in [2.45, 2.75) is 45.4 Å². The minimum atomic E-state index is 0.302. The summed E-state index contributed by atoms with van der Waals surface area (Å²) < 4.78 is 5.26. The Balaban J connectivity index is 1.82. The standard InChI is InChI=1S/C19H24O2/c1-2-16(13-14-18-11-7-15-21-18)8-6-12-19(20)17-9-4-3-5-10-17/h2,6-8,11,13-15,17H,3-5,9-10,12H2,1H3/b8-6-,14-13+,16-2?. The Morgan fingerprint density at radius 2 is 2.10 bits per heavy atom. The number of rotatable bonds is 6. The summed E-state index contributed by atoms with van der Waals surface area (Å²) in [5, 5.41) is 0. The fraction of sp³-hybridized carbons (Fsp3) is 0.421. The summed E-state index contributed by atoms with van der Waals surface area (Å²) in [6.45, 7) is 2.00. The molecule has 0 amide bonds. The highest BCUT2D eigenvalue weighted by Gasteiger charge is 2.19. The van der Waals surface area contributed by atoms with E-state index in [4.69, 9.17) is 4.42 Å². The van der Waals surface area contributed by atoms with Crippen LogP contribution in [0.1, 0.15) is 51.2 Å². The molecule has 1 fully saturated rings. The Kier molecular flexibility index (Phi) is 6.26.